The third kappa shape index (κ3) is 6.53. The predicted molar refractivity (Wildman–Crippen MR) is 129 cm³/mol. The van der Waals surface area contributed by atoms with Gasteiger partial charge in [-0.25, -0.2) is 0 Å². The summed E-state index contributed by atoms with van der Waals surface area (Å²) in [5.74, 6) is -5.37. The first kappa shape index (κ1) is 30.5. The lowest BCUT2D eigenvalue weighted by atomic mass is 9.98. The Morgan fingerprint density at radius 2 is 1.15 bits per heavy atom. The normalized spacial score (nSPS) is 43.9. The lowest BCUT2D eigenvalue weighted by Gasteiger charge is -2.40. The highest BCUT2D eigenvalue weighted by Crippen LogP contribution is 2.45. The molecule has 11 atom stereocenters. The molecule has 232 valence electrons. The smallest absolute Gasteiger partial charge is 0.303 e. The van der Waals surface area contributed by atoms with Crippen LogP contribution in [0.3, 0.4) is 0 Å². The van der Waals surface area contributed by atoms with Crippen molar-refractivity contribution in [3.8, 4) is 0 Å². The van der Waals surface area contributed by atoms with E-state index in [1.165, 1.54) is 27.7 Å². The molecule has 0 aromatic carbocycles. The van der Waals surface area contributed by atoms with Crippen molar-refractivity contribution in [2.45, 2.75) is 134 Å². The van der Waals surface area contributed by atoms with Crippen LogP contribution >= 0.6 is 0 Å². The van der Waals surface area contributed by atoms with E-state index in [4.69, 9.17) is 56.8 Å². The lowest BCUT2D eigenvalue weighted by Crippen LogP contribution is -2.60. The maximum absolute atomic E-state index is 12.0. The topological polar surface area (TPSA) is 162 Å². The molecule has 15 nitrogen and oxygen atoms in total. The Morgan fingerprint density at radius 1 is 0.585 bits per heavy atom. The number of hydrogen-bond acceptors (Lipinski definition) is 15. The van der Waals surface area contributed by atoms with Crippen molar-refractivity contribution < 1.29 is 71.2 Å². The van der Waals surface area contributed by atoms with E-state index in [9.17, 15) is 14.4 Å². The number of carbonyl (C=O) groups excluding carboxylic acids is 3. The summed E-state index contributed by atoms with van der Waals surface area (Å²) in [6, 6.07) is 0. The molecule has 0 N–H and O–H groups in total. The highest BCUT2D eigenvalue weighted by molar-refractivity contribution is 5.68. The molecular weight excluding hydrogens is 552 g/mol. The fourth-order valence-electron chi connectivity index (χ4n) is 5.71. The molecule has 5 aliphatic rings. The third-order valence-electron chi connectivity index (χ3n) is 7.09. The molecule has 15 heteroatoms. The van der Waals surface area contributed by atoms with Crippen LogP contribution in [0.25, 0.3) is 0 Å². The molecule has 41 heavy (non-hydrogen) atoms. The minimum atomic E-state index is -1.71. The minimum Gasteiger partial charge on any atom is -0.463 e. The van der Waals surface area contributed by atoms with Crippen LogP contribution in [-0.4, -0.2) is 110 Å². The highest BCUT2D eigenvalue weighted by atomic mass is 16.9. The standard InChI is InChI=1S/C26H38O15/c1-11(27)30-9-14-16(32-12(2)28)18(33-13(3)29)20-23(34-14)41-26(8,39-20)31-10-15-17-19(37-24(4,5)36-17)21-22(35-15)40-25(6,7)38-21/h14-23H,9-10H2,1-8H3/t14-,15+,16-,17-,18+,19-,20+,21+,22+,23+,26?/m1/s1. The van der Waals surface area contributed by atoms with Crippen LogP contribution in [0.1, 0.15) is 55.4 Å². The fourth-order valence-corrected chi connectivity index (χ4v) is 5.71. The Bertz CT molecular complexity index is 1030. The van der Waals surface area contributed by atoms with Gasteiger partial charge in [-0.1, -0.05) is 0 Å². The Morgan fingerprint density at radius 3 is 1.80 bits per heavy atom. The quantitative estimate of drug-likeness (QED) is 0.300. The molecule has 5 aliphatic heterocycles. The van der Waals surface area contributed by atoms with Gasteiger partial charge in [0.15, 0.2) is 42.5 Å². The second-order valence-electron chi connectivity index (χ2n) is 11.6. The van der Waals surface area contributed by atoms with Crippen molar-refractivity contribution >= 4 is 17.9 Å². The van der Waals surface area contributed by atoms with Gasteiger partial charge in [0, 0.05) is 27.7 Å². The first-order valence-electron chi connectivity index (χ1n) is 13.5. The molecule has 0 spiro atoms. The molecule has 5 saturated heterocycles. The average Bonchev–Trinajstić information content (AvgIpc) is 3.45. The van der Waals surface area contributed by atoms with Gasteiger partial charge in [0.25, 0.3) is 5.97 Å². The zero-order chi connectivity index (χ0) is 29.9. The number of fused-ring (bicyclic) bond motifs is 4. The number of ether oxygens (including phenoxy) is 12. The van der Waals surface area contributed by atoms with Gasteiger partial charge in [-0.2, -0.15) is 0 Å². The van der Waals surface area contributed by atoms with Crippen molar-refractivity contribution in [3.63, 3.8) is 0 Å². The summed E-state index contributed by atoms with van der Waals surface area (Å²) in [7, 11) is 0. The monoisotopic (exact) mass is 590 g/mol. The van der Waals surface area contributed by atoms with Crippen LogP contribution in [0.2, 0.25) is 0 Å². The van der Waals surface area contributed by atoms with Crippen molar-refractivity contribution in [3.05, 3.63) is 0 Å². The Balaban J connectivity index is 1.31. The van der Waals surface area contributed by atoms with Crippen molar-refractivity contribution in [2.75, 3.05) is 13.2 Å². The molecule has 0 aliphatic carbocycles. The summed E-state index contributed by atoms with van der Waals surface area (Å²) in [5.41, 5.74) is 0. The maximum atomic E-state index is 12.0. The van der Waals surface area contributed by atoms with Gasteiger partial charge in [0.2, 0.25) is 0 Å². The third-order valence-corrected chi connectivity index (χ3v) is 7.09. The highest BCUT2D eigenvalue weighted by Gasteiger charge is 2.63. The van der Waals surface area contributed by atoms with Crippen LogP contribution in [-0.2, 0) is 71.2 Å². The van der Waals surface area contributed by atoms with Crippen molar-refractivity contribution in [2.24, 2.45) is 0 Å². The molecule has 0 amide bonds. The lowest BCUT2D eigenvalue weighted by molar-refractivity contribution is -0.358. The van der Waals surface area contributed by atoms with Crippen LogP contribution < -0.4 is 0 Å². The van der Waals surface area contributed by atoms with E-state index in [0.29, 0.717) is 0 Å². The van der Waals surface area contributed by atoms with Crippen molar-refractivity contribution in [1.82, 2.24) is 0 Å². The maximum Gasteiger partial charge on any atom is 0.303 e. The van der Waals surface area contributed by atoms with Crippen LogP contribution in [0, 0.1) is 0 Å². The summed E-state index contributed by atoms with van der Waals surface area (Å²) in [6.45, 7) is 11.9. The van der Waals surface area contributed by atoms with E-state index in [1.54, 1.807) is 27.7 Å². The Hall–Kier alpha value is -1.95. The van der Waals surface area contributed by atoms with Gasteiger partial charge < -0.3 is 52.1 Å². The average molecular weight is 591 g/mol. The molecule has 0 radical (unpaired) electrons. The van der Waals surface area contributed by atoms with Crippen LogP contribution in [0.4, 0.5) is 0 Å². The Labute approximate surface area is 237 Å². The molecule has 0 aromatic heterocycles. The second-order valence-corrected chi connectivity index (χ2v) is 11.6. The first-order valence-corrected chi connectivity index (χ1v) is 13.5. The molecule has 5 fully saturated rings. The zero-order valence-electron chi connectivity index (χ0n) is 24.3. The molecule has 0 aromatic rings. The number of rotatable bonds is 7. The van der Waals surface area contributed by atoms with E-state index in [-0.39, 0.29) is 13.2 Å². The van der Waals surface area contributed by atoms with Gasteiger partial charge in [0.05, 0.1) is 6.61 Å². The van der Waals surface area contributed by atoms with Gasteiger partial charge in [0.1, 0.15) is 37.1 Å². The van der Waals surface area contributed by atoms with E-state index < -0.39 is 96.9 Å². The zero-order valence-corrected chi connectivity index (χ0v) is 24.3. The SMILES string of the molecule is CC(=O)OC[C@H]1O[C@H]2OC(C)(OC[C@@H]3O[C@H]4OC(C)(C)O[C@H]4[C@@H]4OC(C)(C)O[C@@H]43)O[C@H]2[C@@H](OC(C)=O)[C@@H]1OC(C)=O. The number of esters is 3. The van der Waals surface area contributed by atoms with Crippen LogP contribution in [0.5, 0.6) is 0 Å². The fraction of sp³-hybridized carbons (Fsp3) is 0.885. The molecule has 1 unspecified atom stereocenters. The van der Waals surface area contributed by atoms with E-state index in [1.807, 2.05) is 0 Å². The summed E-state index contributed by atoms with van der Waals surface area (Å²) < 4.78 is 70.6. The second kappa shape index (κ2) is 11.0. The molecule has 0 saturated carbocycles. The van der Waals surface area contributed by atoms with E-state index in [0.717, 1.165) is 0 Å². The first-order chi connectivity index (χ1) is 19.0. The molecule has 5 rings (SSSR count). The predicted octanol–water partition coefficient (Wildman–Crippen LogP) is 0.640. The van der Waals surface area contributed by atoms with Gasteiger partial charge >= 0.3 is 17.9 Å². The minimum absolute atomic E-state index is 0.0773. The summed E-state index contributed by atoms with van der Waals surface area (Å²) in [5, 5.41) is 0. The van der Waals surface area contributed by atoms with E-state index >= 15 is 0 Å². The number of hydrogen-bond donors (Lipinski definition) is 0. The summed E-state index contributed by atoms with van der Waals surface area (Å²) in [4.78, 5) is 35.4. The van der Waals surface area contributed by atoms with Gasteiger partial charge in [-0.05, 0) is 27.7 Å². The van der Waals surface area contributed by atoms with Crippen molar-refractivity contribution in [1.29, 1.82) is 0 Å². The van der Waals surface area contributed by atoms with Gasteiger partial charge in [-0.3, -0.25) is 19.1 Å². The Kier molecular flexibility index (Phi) is 8.15. The van der Waals surface area contributed by atoms with Crippen LogP contribution in [0.15, 0.2) is 0 Å². The molecule has 5 heterocycles. The van der Waals surface area contributed by atoms with E-state index in [2.05, 4.69) is 0 Å². The summed E-state index contributed by atoms with van der Waals surface area (Å²) in [6.07, 6.45) is -8.44. The largest absolute Gasteiger partial charge is 0.463 e. The summed E-state index contributed by atoms with van der Waals surface area (Å²) >= 11 is 0. The number of carbonyl (C=O) groups is 3. The van der Waals surface area contributed by atoms with Gasteiger partial charge in [-0.15, -0.1) is 0 Å². The molecular formula is C26H38O15. The molecule has 0 bridgehead atoms.